The average molecular weight is 269 g/mol. The molecular formula is C9H6BrFN4. The Morgan fingerprint density at radius 3 is 2.47 bits per heavy atom. The van der Waals surface area contributed by atoms with Gasteiger partial charge >= 0.3 is 0 Å². The van der Waals surface area contributed by atoms with Crippen molar-refractivity contribution >= 4 is 15.9 Å². The molecule has 1 heterocycles. The minimum absolute atomic E-state index is 0.180. The quantitative estimate of drug-likeness (QED) is 0.795. The number of hydrogen-bond donors (Lipinski definition) is 0. The number of rotatable bonds is 1. The van der Waals surface area contributed by atoms with Crippen molar-refractivity contribution in [2.24, 2.45) is 0 Å². The Morgan fingerprint density at radius 1 is 1.13 bits per heavy atom. The second kappa shape index (κ2) is 3.98. The van der Waals surface area contributed by atoms with Crippen LogP contribution in [-0.2, 0) is 0 Å². The van der Waals surface area contributed by atoms with E-state index in [1.54, 1.807) is 19.1 Å². The first-order valence-electron chi connectivity index (χ1n) is 4.16. The molecule has 15 heavy (non-hydrogen) atoms. The molecule has 0 fully saturated rings. The van der Waals surface area contributed by atoms with Gasteiger partial charge in [-0.05, 0) is 25.1 Å². The second-order valence-electron chi connectivity index (χ2n) is 2.89. The molecular weight excluding hydrogens is 263 g/mol. The fraction of sp³-hybridized carbons (Fsp3) is 0.111. The van der Waals surface area contributed by atoms with E-state index in [9.17, 15) is 4.39 Å². The minimum atomic E-state index is -0.398. The smallest absolute Gasteiger partial charge is 0.206 e. The van der Waals surface area contributed by atoms with Gasteiger partial charge < -0.3 is 0 Å². The summed E-state index contributed by atoms with van der Waals surface area (Å²) in [4.78, 5) is 0. The molecule has 0 saturated heterocycles. The molecule has 0 aliphatic heterocycles. The summed E-state index contributed by atoms with van der Waals surface area (Å²) >= 11 is 3.25. The number of nitrogens with zero attached hydrogens (tertiary/aromatic N) is 4. The Kier molecular flexibility index (Phi) is 2.68. The van der Waals surface area contributed by atoms with Crippen LogP contribution in [0.1, 0.15) is 5.82 Å². The largest absolute Gasteiger partial charge is 0.206 e. The monoisotopic (exact) mass is 268 g/mol. The van der Waals surface area contributed by atoms with Gasteiger partial charge in [-0.15, -0.1) is 20.4 Å². The fourth-order valence-electron chi connectivity index (χ4n) is 1.06. The van der Waals surface area contributed by atoms with Crippen LogP contribution in [0.3, 0.4) is 0 Å². The van der Waals surface area contributed by atoms with Gasteiger partial charge in [0, 0.05) is 4.47 Å². The van der Waals surface area contributed by atoms with Crippen LogP contribution in [0.5, 0.6) is 0 Å². The topological polar surface area (TPSA) is 51.6 Å². The molecule has 0 aliphatic carbocycles. The fourth-order valence-corrected chi connectivity index (χ4v) is 1.42. The van der Waals surface area contributed by atoms with Crippen molar-refractivity contribution in [1.29, 1.82) is 0 Å². The molecule has 6 heteroatoms. The van der Waals surface area contributed by atoms with E-state index in [4.69, 9.17) is 0 Å². The summed E-state index contributed by atoms with van der Waals surface area (Å²) < 4.78 is 14.2. The lowest BCUT2D eigenvalue weighted by molar-refractivity contribution is 0.627. The predicted octanol–water partition coefficient (Wildman–Crippen LogP) is 2.14. The highest BCUT2D eigenvalue weighted by atomic mass is 79.9. The molecule has 0 N–H and O–H groups in total. The van der Waals surface area contributed by atoms with Crippen LogP contribution in [-0.4, -0.2) is 20.4 Å². The van der Waals surface area contributed by atoms with E-state index in [2.05, 4.69) is 36.3 Å². The minimum Gasteiger partial charge on any atom is -0.206 e. The maximum Gasteiger partial charge on any atom is 0.206 e. The average Bonchev–Trinajstić information content (AvgIpc) is 2.23. The molecule has 0 atom stereocenters. The van der Waals surface area contributed by atoms with Gasteiger partial charge in [-0.3, -0.25) is 0 Å². The lowest BCUT2D eigenvalue weighted by atomic mass is 10.2. The van der Waals surface area contributed by atoms with Gasteiger partial charge in [-0.1, -0.05) is 15.9 Å². The number of benzene rings is 1. The zero-order chi connectivity index (χ0) is 10.8. The Labute approximate surface area is 93.7 Å². The Morgan fingerprint density at radius 2 is 1.80 bits per heavy atom. The first-order chi connectivity index (χ1) is 7.16. The molecule has 1 aromatic heterocycles. The second-order valence-corrected chi connectivity index (χ2v) is 3.81. The SMILES string of the molecule is Cc1nnc(-c2cc(Br)ccc2F)nn1. The molecule has 4 nitrogen and oxygen atoms in total. The van der Waals surface area contributed by atoms with Gasteiger partial charge in [0.05, 0.1) is 5.56 Å². The third kappa shape index (κ3) is 2.15. The van der Waals surface area contributed by atoms with Gasteiger partial charge in [0.2, 0.25) is 5.82 Å². The van der Waals surface area contributed by atoms with E-state index in [-0.39, 0.29) is 11.4 Å². The summed E-state index contributed by atoms with van der Waals surface area (Å²) in [6, 6.07) is 4.53. The van der Waals surface area contributed by atoms with E-state index >= 15 is 0 Å². The first kappa shape index (κ1) is 10.1. The predicted molar refractivity (Wildman–Crippen MR) is 55.5 cm³/mol. The van der Waals surface area contributed by atoms with Crippen LogP contribution in [0.25, 0.3) is 11.4 Å². The van der Waals surface area contributed by atoms with E-state index in [1.807, 2.05) is 0 Å². The molecule has 2 aromatic rings. The van der Waals surface area contributed by atoms with Crippen LogP contribution in [0.2, 0.25) is 0 Å². The van der Waals surface area contributed by atoms with Crippen LogP contribution in [0, 0.1) is 12.7 Å². The van der Waals surface area contributed by atoms with Gasteiger partial charge in [0.15, 0.2) is 5.82 Å². The summed E-state index contributed by atoms with van der Waals surface area (Å²) in [6.45, 7) is 1.67. The molecule has 1 aromatic carbocycles. The molecule has 0 amide bonds. The summed E-state index contributed by atoms with van der Waals surface area (Å²) in [6.07, 6.45) is 0. The zero-order valence-electron chi connectivity index (χ0n) is 7.78. The van der Waals surface area contributed by atoms with Crippen molar-refractivity contribution in [2.75, 3.05) is 0 Å². The molecule has 0 unspecified atom stereocenters. The number of aryl methyl sites for hydroxylation is 1. The maximum atomic E-state index is 13.4. The molecule has 0 spiro atoms. The van der Waals surface area contributed by atoms with Gasteiger partial charge in [0.1, 0.15) is 5.82 Å². The molecule has 0 radical (unpaired) electrons. The summed E-state index contributed by atoms with van der Waals surface area (Å²) in [5.74, 6) is 0.235. The van der Waals surface area contributed by atoms with E-state index in [0.29, 0.717) is 5.82 Å². The van der Waals surface area contributed by atoms with E-state index in [0.717, 1.165) is 4.47 Å². The molecule has 0 aliphatic rings. The van der Waals surface area contributed by atoms with E-state index in [1.165, 1.54) is 6.07 Å². The molecule has 0 bridgehead atoms. The highest BCUT2D eigenvalue weighted by Gasteiger charge is 2.09. The third-order valence-corrected chi connectivity index (χ3v) is 2.24. The maximum absolute atomic E-state index is 13.4. The van der Waals surface area contributed by atoms with Crippen LogP contribution < -0.4 is 0 Å². The Balaban J connectivity index is 2.53. The van der Waals surface area contributed by atoms with Gasteiger partial charge in [-0.25, -0.2) is 4.39 Å². The Hall–Kier alpha value is -1.43. The van der Waals surface area contributed by atoms with Crippen molar-refractivity contribution in [1.82, 2.24) is 20.4 Å². The van der Waals surface area contributed by atoms with Crippen molar-refractivity contribution in [3.05, 3.63) is 34.3 Å². The zero-order valence-corrected chi connectivity index (χ0v) is 9.36. The summed E-state index contributed by atoms with van der Waals surface area (Å²) in [5.41, 5.74) is 0.282. The van der Waals surface area contributed by atoms with Crippen molar-refractivity contribution in [2.45, 2.75) is 6.92 Å². The van der Waals surface area contributed by atoms with Crippen molar-refractivity contribution in [3.63, 3.8) is 0 Å². The Bertz CT molecular complexity index is 486. The normalized spacial score (nSPS) is 10.3. The van der Waals surface area contributed by atoms with Crippen molar-refractivity contribution in [3.8, 4) is 11.4 Å². The van der Waals surface area contributed by atoms with Crippen LogP contribution in [0.4, 0.5) is 4.39 Å². The van der Waals surface area contributed by atoms with Crippen LogP contribution in [0.15, 0.2) is 22.7 Å². The third-order valence-electron chi connectivity index (χ3n) is 1.75. The van der Waals surface area contributed by atoms with E-state index < -0.39 is 5.82 Å². The first-order valence-corrected chi connectivity index (χ1v) is 4.95. The summed E-state index contributed by atoms with van der Waals surface area (Å²) in [5, 5.41) is 15.0. The highest BCUT2D eigenvalue weighted by Crippen LogP contribution is 2.22. The highest BCUT2D eigenvalue weighted by molar-refractivity contribution is 9.10. The molecule has 76 valence electrons. The standard InChI is InChI=1S/C9H6BrFN4/c1-5-12-14-9(15-13-5)7-4-6(10)2-3-8(7)11/h2-4H,1H3. The molecule has 0 saturated carbocycles. The van der Waals surface area contributed by atoms with Crippen molar-refractivity contribution < 1.29 is 4.39 Å². The number of halogens is 2. The molecule has 2 rings (SSSR count). The number of aromatic nitrogens is 4. The van der Waals surface area contributed by atoms with Gasteiger partial charge in [-0.2, -0.15) is 0 Å². The van der Waals surface area contributed by atoms with Gasteiger partial charge in [0.25, 0.3) is 0 Å². The number of hydrogen-bond acceptors (Lipinski definition) is 4. The summed E-state index contributed by atoms with van der Waals surface area (Å²) in [7, 11) is 0. The lowest BCUT2D eigenvalue weighted by Gasteiger charge is -2.00. The lowest BCUT2D eigenvalue weighted by Crippen LogP contribution is -1.99. The van der Waals surface area contributed by atoms with Crippen LogP contribution >= 0.6 is 15.9 Å².